The molecule has 0 aliphatic heterocycles. The number of anilines is 2. The largest absolute Gasteiger partial charge is 0.383 e. The Balaban J connectivity index is 2.29. The second kappa shape index (κ2) is 11.0. The third-order valence-corrected chi connectivity index (χ3v) is 6.95. The van der Waals surface area contributed by atoms with Gasteiger partial charge in [0.05, 0.1) is 16.3 Å². The minimum Gasteiger partial charge on any atom is -0.383 e. The van der Waals surface area contributed by atoms with Gasteiger partial charge in [-0.1, -0.05) is 39.3 Å². The minimum absolute atomic E-state index is 0.263. The summed E-state index contributed by atoms with van der Waals surface area (Å²) in [5.74, 6) is -0.466. The normalized spacial score (nSPS) is 11.5. The van der Waals surface area contributed by atoms with E-state index in [0.717, 1.165) is 36.3 Å². The summed E-state index contributed by atoms with van der Waals surface area (Å²) < 4.78 is 27.3. The Morgan fingerprint density at radius 3 is 2.20 bits per heavy atom. The third kappa shape index (κ3) is 5.96. The van der Waals surface area contributed by atoms with E-state index < -0.39 is 15.9 Å². The predicted molar refractivity (Wildman–Crippen MR) is 122 cm³/mol. The van der Waals surface area contributed by atoms with E-state index in [0.29, 0.717) is 25.2 Å². The number of benzene rings is 2. The number of rotatable bonds is 12. The van der Waals surface area contributed by atoms with Gasteiger partial charge in [0.25, 0.3) is 0 Å². The zero-order valence-corrected chi connectivity index (χ0v) is 18.8. The van der Waals surface area contributed by atoms with Crippen LogP contribution in [0.1, 0.15) is 49.5 Å². The van der Waals surface area contributed by atoms with Crippen molar-refractivity contribution in [2.75, 3.05) is 30.3 Å². The van der Waals surface area contributed by atoms with Crippen LogP contribution in [0, 0.1) is 0 Å². The molecule has 0 atom stereocenters. The lowest BCUT2D eigenvalue weighted by Crippen LogP contribution is -2.30. The van der Waals surface area contributed by atoms with Crippen LogP contribution in [-0.2, 0) is 16.6 Å². The highest BCUT2D eigenvalue weighted by atomic mass is 32.2. The van der Waals surface area contributed by atoms with Gasteiger partial charge < -0.3 is 16.4 Å². The second-order valence-corrected chi connectivity index (χ2v) is 8.93. The summed E-state index contributed by atoms with van der Waals surface area (Å²) in [4.78, 5) is 11.5. The number of hydrogen-bond donors (Lipinski definition) is 3. The summed E-state index contributed by atoms with van der Waals surface area (Å²) >= 11 is 0. The first-order chi connectivity index (χ1) is 14.3. The maximum atomic E-state index is 12.9. The van der Waals surface area contributed by atoms with Crippen molar-refractivity contribution >= 4 is 27.3 Å². The van der Waals surface area contributed by atoms with E-state index in [-0.39, 0.29) is 4.90 Å². The molecule has 0 radical (unpaired) electrons. The number of amides is 1. The number of carbonyl (C=O) groups excluding carboxylic acids is 1. The molecule has 2 aromatic rings. The van der Waals surface area contributed by atoms with Gasteiger partial charge in [-0.3, -0.25) is 4.79 Å². The van der Waals surface area contributed by atoms with E-state index in [2.05, 4.69) is 17.6 Å². The monoisotopic (exact) mass is 432 g/mol. The van der Waals surface area contributed by atoms with E-state index >= 15 is 0 Å². The number of unbranched alkanes of at least 4 members (excludes halogenated alkanes) is 1. The highest BCUT2D eigenvalue weighted by molar-refractivity contribution is 7.89. The topological polar surface area (TPSA) is 105 Å². The molecule has 0 aromatic heterocycles. The first kappa shape index (κ1) is 23.7. The van der Waals surface area contributed by atoms with Crippen molar-refractivity contribution in [3.63, 3.8) is 0 Å². The molecule has 0 spiro atoms. The molecule has 164 valence electrons. The Morgan fingerprint density at radius 2 is 1.63 bits per heavy atom. The van der Waals surface area contributed by atoms with Crippen molar-refractivity contribution in [1.29, 1.82) is 0 Å². The van der Waals surface area contributed by atoms with Crippen LogP contribution in [0.15, 0.2) is 47.4 Å². The molecule has 0 saturated heterocycles. The van der Waals surface area contributed by atoms with Crippen molar-refractivity contribution in [3.05, 3.63) is 53.6 Å². The average Bonchev–Trinajstić information content (AvgIpc) is 2.74. The molecule has 2 rings (SSSR count). The minimum atomic E-state index is -3.55. The number of nitrogens with two attached hydrogens (primary N) is 1. The molecular formula is C22H32N4O3S. The van der Waals surface area contributed by atoms with Crippen LogP contribution in [0.3, 0.4) is 0 Å². The number of hydrogen-bond acceptors (Lipinski definition) is 5. The van der Waals surface area contributed by atoms with Gasteiger partial charge in [-0.25, -0.2) is 8.42 Å². The highest BCUT2D eigenvalue weighted by Gasteiger charge is 2.22. The smallest absolute Gasteiger partial charge is 0.248 e. The van der Waals surface area contributed by atoms with Crippen molar-refractivity contribution in [1.82, 2.24) is 4.31 Å². The summed E-state index contributed by atoms with van der Waals surface area (Å²) in [6, 6.07) is 12.2. The van der Waals surface area contributed by atoms with Crippen LogP contribution in [0.25, 0.3) is 0 Å². The lowest BCUT2D eigenvalue weighted by atomic mass is 10.1. The van der Waals surface area contributed by atoms with E-state index in [9.17, 15) is 13.2 Å². The molecule has 0 heterocycles. The zero-order valence-electron chi connectivity index (χ0n) is 17.9. The molecule has 0 fully saturated rings. The number of sulfonamides is 1. The summed E-state index contributed by atoms with van der Waals surface area (Å²) in [5.41, 5.74) is 8.27. The van der Waals surface area contributed by atoms with Gasteiger partial charge in [-0.2, -0.15) is 4.31 Å². The molecule has 0 unspecified atom stereocenters. The summed E-state index contributed by atoms with van der Waals surface area (Å²) in [7, 11) is -3.55. The first-order valence-corrected chi connectivity index (χ1v) is 11.8. The Labute approximate surface area is 179 Å². The van der Waals surface area contributed by atoms with Gasteiger partial charge in [-0.05, 0) is 42.3 Å². The van der Waals surface area contributed by atoms with Gasteiger partial charge in [0.1, 0.15) is 0 Å². The maximum absolute atomic E-state index is 12.9. The van der Waals surface area contributed by atoms with Gasteiger partial charge >= 0.3 is 0 Å². The van der Waals surface area contributed by atoms with Crippen LogP contribution in [0.4, 0.5) is 11.4 Å². The number of nitrogens with one attached hydrogen (secondary N) is 2. The van der Waals surface area contributed by atoms with Crippen LogP contribution < -0.4 is 16.4 Å². The second-order valence-electron chi connectivity index (χ2n) is 6.99. The molecule has 0 aliphatic carbocycles. The fourth-order valence-electron chi connectivity index (χ4n) is 3.08. The third-order valence-electron chi connectivity index (χ3n) is 4.90. The average molecular weight is 433 g/mol. The van der Waals surface area contributed by atoms with Gasteiger partial charge in [0, 0.05) is 31.7 Å². The molecule has 0 aliphatic rings. The van der Waals surface area contributed by atoms with Crippen LogP contribution in [0.5, 0.6) is 0 Å². The summed E-state index contributed by atoms with van der Waals surface area (Å²) in [6.45, 7) is 7.91. The predicted octanol–water partition coefficient (Wildman–Crippen LogP) is 3.64. The first-order valence-electron chi connectivity index (χ1n) is 10.3. The number of primary amides is 1. The lowest BCUT2D eigenvalue weighted by molar-refractivity contribution is 0.100. The van der Waals surface area contributed by atoms with E-state index in [1.165, 1.54) is 4.31 Å². The van der Waals surface area contributed by atoms with Crippen LogP contribution >= 0.6 is 0 Å². The summed E-state index contributed by atoms with van der Waals surface area (Å²) in [5, 5.41) is 6.71. The quantitative estimate of drug-likeness (QED) is 0.444. The van der Waals surface area contributed by atoms with Crippen LogP contribution in [-0.4, -0.2) is 38.3 Å². The number of carbonyl (C=O) groups is 1. The molecule has 0 bridgehead atoms. The van der Waals surface area contributed by atoms with Gasteiger partial charge in [0.2, 0.25) is 15.9 Å². The van der Waals surface area contributed by atoms with Crippen LogP contribution in [0.2, 0.25) is 0 Å². The van der Waals surface area contributed by atoms with E-state index in [4.69, 9.17) is 5.73 Å². The summed E-state index contributed by atoms with van der Waals surface area (Å²) in [6.07, 6.45) is 2.09. The fourth-order valence-corrected chi connectivity index (χ4v) is 4.57. The molecule has 4 N–H and O–H groups in total. The van der Waals surface area contributed by atoms with Crippen molar-refractivity contribution in [2.45, 2.75) is 45.1 Å². The fraction of sp³-hybridized carbons (Fsp3) is 0.409. The molecular weight excluding hydrogens is 400 g/mol. The zero-order chi connectivity index (χ0) is 22.1. The Hall–Kier alpha value is -2.58. The van der Waals surface area contributed by atoms with Gasteiger partial charge in [0.15, 0.2) is 0 Å². The molecule has 7 nitrogen and oxygen atoms in total. The molecule has 1 amide bonds. The van der Waals surface area contributed by atoms with Gasteiger partial charge in [-0.15, -0.1) is 0 Å². The molecule has 0 saturated carbocycles. The van der Waals surface area contributed by atoms with Crippen molar-refractivity contribution < 1.29 is 13.2 Å². The Morgan fingerprint density at radius 1 is 0.967 bits per heavy atom. The van der Waals surface area contributed by atoms with E-state index in [1.807, 2.05) is 32.0 Å². The molecule has 2 aromatic carbocycles. The standard InChI is InChI=1S/C22H32N4O3S/c1-4-7-14-24-20-13-12-19(30(28,29)26(5-2)6-3)15-21(20)25-16-17-8-10-18(11-9-17)22(23)27/h8-13,15,24-25H,4-7,14,16H2,1-3H3,(H2,23,27). The molecule has 30 heavy (non-hydrogen) atoms. The molecule has 8 heteroatoms. The lowest BCUT2D eigenvalue weighted by Gasteiger charge is -2.20. The van der Waals surface area contributed by atoms with E-state index in [1.54, 1.807) is 24.3 Å². The highest BCUT2D eigenvalue weighted by Crippen LogP contribution is 2.28. The number of nitrogens with zero attached hydrogens (tertiary/aromatic N) is 1. The Kier molecular flexibility index (Phi) is 8.68. The maximum Gasteiger partial charge on any atom is 0.248 e. The van der Waals surface area contributed by atoms with Crippen molar-refractivity contribution in [3.8, 4) is 0 Å². The Bertz CT molecular complexity index is 939. The SMILES string of the molecule is CCCCNc1ccc(S(=O)(=O)N(CC)CC)cc1NCc1ccc(C(N)=O)cc1. The van der Waals surface area contributed by atoms with Crippen molar-refractivity contribution in [2.24, 2.45) is 5.73 Å².